The summed E-state index contributed by atoms with van der Waals surface area (Å²) in [5.41, 5.74) is 4.58. The molecule has 1 aromatic carbocycles. The number of allylic oxidation sites excluding steroid dienone is 2. The van der Waals surface area contributed by atoms with Crippen molar-refractivity contribution in [3.8, 4) is 0 Å². The van der Waals surface area contributed by atoms with E-state index in [9.17, 15) is 0 Å². The fourth-order valence-electron chi connectivity index (χ4n) is 2.00. The van der Waals surface area contributed by atoms with E-state index >= 15 is 0 Å². The molecule has 0 fully saturated rings. The van der Waals surface area contributed by atoms with Crippen molar-refractivity contribution in [1.82, 2.24) is 0 Å². The second kappa shape index (κ2) is 5.49. The van der Waals surface area contributed by atoms with Gasteiger partial charge in [0.1, 0.15) is 0 Å². The Hall–Kier alpha value is -0.823. The number of rotatable bonds is 4. The monoisotopic (exact) mass is 232 g/mol. The van der Waals surface area contributed by atoms with Crippen molar-refractivity contribution >= 4 is 8.07 Å². The molecule has 0 nitrogen and oxygen atoms in total. The first-order valence-electron chi connectivity index (χ1n) is 6.07. The van der Waals surface area contributed by atoms with Crippen LogP contribution in [0.3, 0.4) is 0 Å². The summed E-state index contributed by atoms with van der Waals surface area (Å²) in [5.74, 6) is 0. The maximum Gasteiger partial charge on any atom is 0.0483 e. The Morgan fingerprint density at radius 1 is 0.938 bits per heavy atom. The number of hydrogen-bond donors (Lipinski definition) is 0. The summed E-state index contributed by atoms with van der Waals surface area (Å²) in [6, 6.07) is 12.1. The highest BCUT2D eigenvalue weighted by Crippen LogP contribution is 2.20. The van der Waals surface area contributed by atoms with E-state index in [1.165, 1.54) is 11.6 Å². The second-order valence-electron chi connectivity index (χ2n) is 5.96. The van der Waals surface area contributed by atoms with Crippen LogP contribution in [0, 0.1) is 0 Å². The summed E-state index contributed by atoms with van der Waals surface area (Å²) in [7, 11) is -0.958. The molecule has 0 heterocycles. The van der Waals surface area contributed by atoms with Crippen molar-refractivity contribution < 1.29 is 0 Å². The Bertz CT molecular complexity index is 355. The highest BCUT2D eigenvalue weighted by molar-refractivity contribution is 6.76. The molecule has 16 heavy (non-hydrogen) atoms. The largest absolute Gasteiger partial charge is 0.0767 e. The summed E-state index contributed by atoms with van der Waals surface area (Å²) in [6.45, 7) is 11.9. The Morgan fingerprint density at radius 2 is 1.50 bits per heavy atom. The predicted molar refractivity (Wildman–Crippen MR) is 76.7 cm³/mol. The van der Waals surface area contributed by atoms with Gasteiger partial charge in [-0.15, -0.1) is 0 Å². The summed E-state index contributed by atoms with van der Waals surface area (Å²) in [6.07, 6.45) is 1.11. The van der Waals surface area contributed by atoms with Crippen LogP contribution >= 0.6 is 0 Å². The minimum atomic E-state index is -0.958. The van der Waals surface area contributed by atoms with E-state index in [1.807, 2.05) is 0 Å². The summed E-state index contributed by atoms with van der Waals surface area (Å²) in [4.78, 5) is 0. The molecule has 1 aromatic rings. The SMILES string of the molecule is C/C(Cc1ccccc1)=C(/C)C[Si](C)(C)C. The highest BCUT2D eigenvalue weighted by Gasteiger charge is 2.14. The molecule has 1 heteroatoms. The molecule has 0 spiro atoms. The quantitative estimate of drug-likeness (QED) is 0.511. The standard InChI is InChI=1S/C15H24Si/c1-13(14(2)12-16(3,4)5)11-15-9-7-6-8-10-15/h6-10H,11-12H2,1-5H3/b14-13+. The molecule has 88 valence electrons. The van der Waals surface area contributed by atoms with Crippen molar-refractivity contribution in [2.75, 3.05) is 0 Å². The van der Waals surface area contributed by atoms with Gasteiger partial charge in [-0.2, -0.15) is 0 Å². The molecule has 0 aliphatic heterocycles. The van der Waals surface area contributed by atoms with Crippen LogP contribution in [0.25, 0.3) is 0 Å². The molecule has 0 aromatic heterocycles. The van der Waals surface area contributed by atoms with Gasteiger partial charge in [-0.05, 0) is 31.9 Å². The molecule has 0 saturated heterocycles. The second-order valence-corrected chi connectivity index (χ2v) is 11.4. The van der Waals surface area contributed by atoms with Gasteiger partial charge >= 0.3 is 0 Å². The third-order valence-corrected chi connectivity index (χ3v) is 4.43. The third kappa shape index (κ3) is 4.80. The third-order valence-electron chi connectivity index (χ3n) is 2.84. The van der Waals surface area contributed by atoms with Crippen molar-refractivity contribution in [3.63, 3.8) is 0 Å². The normalized spacial score (nSPS) is 13.6. The van der Waals surface area contributed by atoms with Gasteiger partial charge in [0, 0.05) is 8.07 Å². The Morgan fingerprint density at radius 3 is 2.00 bits per heavy atom. The molecule has 0 amide bonds. The van der Waals surface area contributed by atoms with E-state index in [1.54, 1.807) is 11.1 Å². The van der Waals surface area contributed by atoms with Gasteiger partial charge in [0.25, 0.3) is 0 Å². The molecule has 0 aliphatic rings. The van der Waals surface area contributed by atoms with Crippen LogP contribution in [0.1, 0.15) is 19.4 Å². The van der Waals surface area contributed by atoms with Crippen LogP contribution in [0.4, 0.5) is 0 Å². The first-order valence-corrected chi connectivity index (χ1v) is 9.78. The van der Waals surface area contributed by atoms with Crippen LogP contribution in [-0.4, -0.2) is 8.07 Å². The molecule has 0 saturated carbocycles. The summed E-state index contributed by atoms with van der Waals surface area (Å²) >= 11 is 0. The van der Waals surface area contributed by atoms with E-state index in [2.05, 4.69) is 63.8 Å². The van der Waals surface area contributed by atoms with Gasteiger partial charge in [-0.25, -0.2) is 0 Å². The average Bonchev–Trinajstić information content (AvgIpc) is 2.16. The molecule has 1 rings (SSSR count). The van der Waals surface area contributed by atoms with Crippen LogP contribution < -0.4 is 0 Å². The summed E-state index contributed by atoms with van der Waals surface area (Å²) in [5, 5.41) is 0. The Balaban J connectivity index is 2.70. The molecule has 0 atom stereocenters. The lowest BCUT2D eigenvalue weighted by Crippen LogP contribution is -2.19. The number of benzene rings is 1. The first kappa shape index (κ1) is 13.2. The minimum absolute atomic E-state index is 0.958. The average molecular weight is 232 g/mol. The Kier molecular flexibility index (Phi) is 4.54. The topological polar surface area (TPSA) is 0 Å². The number of hydrogen-bond acceptors (Lipinski definition) is 0. The van der Waals surface area contributed by atoms with Gasteiger partial charge < -0.3 is 0 Å². The molecule has 0 unspecified atom stereocenters. The molecular formula is C15H24Si. The maximum atomic E-state index is 2.44. The van der Waals surface area contributed by atoms with Crippen LogP contribution in [0.15, 0.2) is 41.5 Å². The van der Waals surface area contributed by atoms with Gasteiger partial charge in [-0.1, -0.05) is 61.1 Å². The zero-order chi connectivity index (χ0) is 12.2. The van der Waals surface area contributed by atoms with Crippen molar-refractivity contribution in [3.05, 3.63) is 47.0 Å². The fourth-order valence-corrected chi connectivity index (χ4v) is 3.89. The first-order chi connectivity index (χ1) is 7.38. The zero-order valence-corrected chi connectivity index (χ0v) is 12.3. The molecule has 0 aliphatic carbocycles. The van der Waals surface area contributed by atoms with Crippen LogP contribution in [0.5, 0.6) is 0 Å². The lowest BCUT2D eigenvalue weighted by molar-refractivity contribution is 1.08. The van der Waals surface area contributed by atoms with Gasteiger partial charge in [0.2, 0.25) is 0 Å². The van der Waals surface area contributed by atoms with E-state index in [4.69, 9.17) is 0 Å². The molecule has 0 bridgehead atoms. The van der Waals surface area contributed by atoms with E-state index in [0.29, 0.717) is 0 Å². The van der Waals surface area contributed by atoms with E-state index in [0.717, 1.165) is 6.42 Å². The molecular weight excluding hydrogens is 208 g/mol. The van der Waals surface area contributed by atoms with Crippen molar-refractivity contribution in [1.29, 1.82) is 0 Å². The van der Waals surface area contributed by atoms with Crippen LogP contribution in [0.2, 0.25) is 25.7 Å². The minimum Gasteiger partial charge on any atom is -0.0767 e. The molecule has 0 N–H and O–H groups in total. The fraction of sp³-hybridized carbons (Fsp3) is 0.467. The smallest absolute Gasteiger partial charge is 0.0483 e. The van der Waals surface area contributed by atoms with Gasteiger partial charge in [0.05, 0.1) is 0 Å². The van der Waals surface area contributed by atoms with E-state index in [-0.39, 0.29) is 0 Å². The maximum absolute atomic E-state index is 2.44. The highest BCUT2D eigenvalue weighted by atomic mass is 28.3. The lowest BCUT2D eigenvalue weighted by Gasteiger charge is -2.18. The predicted octanol–water partition coefficient (Wildman–Crippen LogP) is 4.90. The molecule has 0 radical (unpaired) electrons. The lowest BCUT2D eigenvalue weighted by atomic mass is 10.0. The van der Waals surface area contributed by atoms with Crippen molar-refractivity contribution in [2.24, 2.45) is 0 Å². The zero-order valence-electron chi connectivity index (χ0n) is 11.3. The van der Waals surface area contributed by atoms with Crippen LogP contribution in [-0.2, 0) is 6.42 Å². The van der Waals surface area contributed by atoms with Gasteiger partial charge in [-0.3, -0.25) is 0 Å². The Labute approximate surface area is 101 Å². The summed E-state index contributed by atoms with van der Waals surface area (Å²) < 4.78 is 0. The van der Waals surface area contributed by atoms with Gasteiger partial charge in [0.15, 0.2) is 0 Å². The van der Waals surface area contributed by atoms with Crippen molar-refractivity contribution in [2.45, 2.75) is 46.0 Å². The van der Waals surface area contributed by atoms with E-state index < -0.39 is 8.07 Å².